The van der Waals surface area contributed by atoms with Crippen LogP contribution in [0.2, 0.25) is 0 Å². The molecule has 0 saturated carbocycles. The van der Waals surface area contributed by atoms with Crippen LogP contribution < -0.4 is 4.74 Å². The van der Waals surface area contributed by atoms with Crippen LogP contribution in [0.4, 0.5) is 0 Å². The van der Waals surface area contributed by atoms with Crippen molar-refractivity contribution in [1.29, 1.82) is 0 Å². The molecule has 0 spiro atoms. The molecule has 0 bridgehead atoms. The van der Waals surface area contributed by atoms with Crippen LogP contribution in [-0.2, 0) is 6.42 Å². The maximum absolute atomic E-state index is 12.3. The predicted octanol–water partition coefficient (Wildman–Crippen LogP) is 2.56. The molecule has 0 unspecified atom stereocenters. The topological polar surface area (TPSA) is 39.2 Å². The van der Waals surface area contributed by atoms with Gasteiger partial charge in [0.2, 0.25) is 5.78 Å². The Labute approximate surface area is 105 Å². The first-order chi connectivity index (χ1) is 8.74. The molecule has 90 valence electrons. The number of ketones is 1. The summed E-state index contributed by atoms with van der Waals surface area (Å²) in [7, 11) is 0. The summed E-state index contributed by atoms with van der Waals surface area (Å²) in [6.07, 6.45) is 2.54. The number of nitrogens with zero attached hydrogens (tertiary/aromatic N) is 1. The number of hydrogen-bond acceptors (Lipinski definition) is 3. The molecule has 0 fully saturated rings. The van der Waals surface area contributed by atoms with Crippen LogP contribution in [0, 0.1) is 6.92 Å². The van der Waals surface area contributed by atoms with Crippen molar-refractivity contribution in [2.75, 3.05) is 6.61 Å². The Morgan fingerprint density at radius 3 is 3.00 bits per heavy atom. The molecule has 2 heterocycles. The number of pyridine rings is 1. The van der Waals surface area contributed by atoms with E-state index in [9.17, 15) is 4.79 Å². The number of carbonyl (C=O) groups excluding carboxylic acids is 1. The molecule has 1 aromatic heterocycles. The lowest BCUT2D eigenvalue weighted by molar-refractivity contribution is 0.103. The Kier molecular flexibility index (Phi) is 2.59. The molecule has 2 aromatic rings. The number of ether oxygens (including phenoxy) is 1. The van der Waals surface area contributed by atoms with E-state index >= 15 is 0 Å². The van der Waals surface area contributed by atoms with E-state index < -0.39 is 0 Å². The summed E-state index contributed by atoms with van der Waals surface area (Å²) in [6.45, 7) is 2.66. The van der Waals surface area contributed by atoms with Gasteiger partial charge in [0.1, 0.15) is 11.4 Å². The minimum Gasteiger partial charge on any atom is -0.493 e. The molecule has 0 atom stereocenters. The normalized spacial score (nSPS) is 12.9. The molecule has 1 aliphatic heterocycles. The van der Waals surface area contributed by atoms with Gasteiger partial charge in [-0.25, -0.2) is 0 Å². The molecule has 3 heteroatoms. The monoisotopic (exact) mass is 239 g/mol. The van der Waals surface area contributed by atoms with Gasteiger partial charge in [-0.05, 0) is 48.4 Å². The first-order valence-electron chi connectivity index (χ1n) is 5.97. The molecule has 3 rings (SSSR count). The van der Waals surface area contributed by atoms with Gasteiger partial charge in [0.05, 0.1) is 6.61 Å². The number of fused-ring (bicyclic) bond motifs is 1. The number of aromatic nitrogens is 1. The van der Waals surface area contributed by atoms with Gasteiger partial charge in [-0.3, -0.25) is 9.78 Å². The summed E-state index contributed by atoms with van der Waals surface area (Å²) < 4.78 is 5.43. The molecule has 1 aromatic carbocycles. The van der Waals surface area contributed by atoms with Gasteiger partial charge in [0, 0.05) is 18.2 Å². The Hall–Kier alpha value is -2.16. The van der Waals surface area contributed by atoms with Gasteiger partial charge in [-0.15, -0.1) is 0 Å². The minimum atomic E-state index is -0.0339. The third kappa shape index (κ3) is 1.88. The fourth-order valence-corrected chi connectivity index (χ4v) is 2.14. The molecule has 1 aliphatic rings. The average molecular weight is 239 g/mol. The van der Waals surface area contributed by atoms with E-state index in [1.807, 2.05) is 31.2 Å². The quantitative estimate of drug-likeness (QED) is 0.756. The number of hydrogen-bond donors (Lipinski definition) is 0. The summed E-state index contributed by atoms with van der Waals surface area (Å²) >= 11 is 0. The van der Waals surface area contributed by atoms with Crippen LogP contribution >= 0.6 is 0 Å². The van der Waals surface area contributed by atoms with Gasteiger partial charge >= 0.3 is 0 Å². The molecular weight excluding hydrogens is 226 g/mol. The van der Waals surface area contributed by atoms with E-state index in [0.29, 0.717) is 17.9 Å². The van der Waals surface area contributed by atoms with Crippen molar-refractivity contribution in [3.63, 3.8) is 0 Å². The number of carbonyl (C=O) groups is 1. The lowest BCUT2D eigenvalue weighted by Gasteiger charge is -2.04. The molecule has 0 amide bonds. The van der Waals surface area contributed by atoms with Gasteiger partial charge in [0.25, 0.3) is 0 Å². The third-order valence-electron chi connectivity index (χ3n) is 3.10. The lowest BCUT2D eigenvalue weighted by atomic mass is 10.0. The smallest absolute Gasteiger partial charge is 0.211 e. The largest absolute Gasteiger partial charge is 0.493 e. The molecule has 0 N–H and O–H groups in total. The Morgan fingerprint density at radius 2 is 2.17 bits per heavy atom. The van der Waals surface area contributed by atoms with E-state index in [2.05, 4.69) is 4.98 Å². The van der Waals surface area contributed by atoms with Crippen molar-refractivity contribution in [3.05, 3.63) is 58.9 Å². The van der Waals surface area contributed by atoms with E-state index in [1.165, 1.54) is 0 Å². The van der Waals surface area contributed by atoms with Crippen molar-refractivity contribution < 1.29 is 9.53 Å². The second-order valence-corrected chi connectivity index (χ2v) is 4.47. The Morgan fingerprint density at radius 1 is 1.28 bits per heavy atom. The Bertz CT molecular complexity index is 620. The fourth-order valence-electron chi connectivity index (χ4n) is 2.14. The number of aryl methyl sites for hydroxylation is 1. The van der Waals surface area contributed by atoms with Crippen molar-refractivity contribution in [2.45, 2.75) is 13.3 Å². The van der Waals surface area contributed by atoms with E-state index in [1.54, 1.807) is 12.3 Å². The van der Waals surface area contributed by atoms with E-state index in [0.717, 1.165) is 23.3 Å². The first-order valence-corrected chi connectivity index (χ1v) is 5.97. The maximum atomic E-state index is 12.3. The SMILES string of the molecule is Cc1ccnc(C(=O)c2ccc3c(c2)CCO3)c1. The molecule has 0 aliphatic carbocycles. The predicted molar refractivity (Wildman–Crippen MR) is 68.0 cm³/mol. The molecule has 0 saturated heterocycles. The summed E-state index contributed by atoms with van der Waals surface area (Å²) in [5.41, 5.74) is 3.32. The summed E-state index contributed by atoms with van der Waals surface area (Å²) in [4.78, 5) is 16.4. The average Bonchev–Trinajstić information content (AvgIpc) is 2.85. The highest BCUT2D eigenvalue weighted by molar-refractivity contribution is 6.08. The van der Waals surface area contributed by atoms with Crippen LogP contribution in [0.1, 0.15) is 27.2 Å². The van der Waals surface area contributed by atoms with Crippen LogP contribution in [0.5, 0.6) is 5.75 Å². The van der Waals surface area contributed by atoms with Crippen LogP contribution in [0.3, 0.4) is 0 Å². The highest BCUT2D eigenvalue weighted by Crippen LogP contribution is 2.26. The second-order valence-electron chi connectivity index (χ2n) is 4.47. The van der Waals surface area contributed by atoms with Gasteiger partial charge in [-0.1, -0.05) is 0 Å². The van der Waals surface area contributed by atoms with Gasteiger partial charge in [0.15, 0.2) is 0 Å². The van der Waals surface area contributed by atoms with Crippen LogP contribution in [-0.4, -0.2) is 17.4 Å². The summed E-state index contributed by atoms with van der Waals surface area (Å²) in [5, 5.41) is 0. The maximum Gasteiger partial charge on any atom is 0.211 e. The van der Waals surface area contributed by atoms with E-state index in [-0.39, 0.29) is 5.78 Å². The Balaban J connectivity index is 1.98. The van der Waals surface area contributed by atoms with E-state index in [4.69, 9.17) is 4.74 Å². The number of rotatable bonds is 2. The molecular formula is C15H13NO2. The minimum absolute atomic E-state index is 0.0339. The first kappa shape index (κ1) is 11.0. The van der Waals surface area contributed by atoms with Gasteiger partial charge in [-0.2, -0.15) is 0 Å². The highest BCUT2D eigenvalue weighted by atomic mass is 16.5. The third-order valence-corrected chi connectivity index (χ3v) is 3.10. The zero-order valence-electron chi connectivity index (χ0n) is 10.1. The zero-order chi connectivity index (χ0) is 12.5. The number of benzene rings is 1. The molecule has 0 radical (unpaired) electrons. The molecule has 18 heavy (non-hydrogen) atoms. The second kappa shape index (κ2) is 4.26. The summed E-state index contributed by atoms with van der Waals surface area (Å²) in [5.74, 6) is 0.858. The highest BCUT2D eigenvalue weighted by Gasteiger charge is 2.16. The lowest BCUT2D eigenvalue weighted by Crippen LogP contribution is -2.04. The fraction of sp³-hybridized carbons (Fsp3) is 0.200. The standard InChI is InChI=1S/C15H13NO2/c1-10-4-6-16-13(8-10)15(17)12-2-3-14-11(9-12)5-7-18-14/h2-4,6,8-9H,5,7H2,1H3. The van der Waals surface area contributed by atoms with Crippen molar-refractivity contribution >= 4 is 5.78 Å². The van der Waals surface area contributed by atoms with Crippen LogP contribution in [0.25, 0.3) is 0 Å². The zero-order valence-corrected chi connectivity index (χ0v) is 10.1. The van der Waals surface area contributed by atoms with Crippen molar-refractivity contribution in [1.82, 2.24) is 4.98 Å². The van der Waals surface area contributed by atoms with Crippen LogP contribution in [0.15, 0.2) is 36.5 Å². The summed E-state index contributed by atoms with van der Waals surface area (Å²) in [6, 6.07) is 9.27. The van der Waals surface area contributed by atoms with Gasteiger partial charge < -0.3 is 4.74 Å². The molecule has 3 nitrogen and oxygen atoms in total. The van der Waals surface area contributed by atoms with Crippen molar-refractivity contribution in [2.24, 2.45) is 0 Å². The van der Waals surface area contributed by atoms with Crippen molar-refractivity contribution in [3.8, 4) is 5.75 Å².